The normalized spacial score (nSPS) is 12.9. The first-order valence-corrected chi connectivity index (χ1v) is 9.50. The molecule has 0 aliphatic rings. The molecule has 143 valence electrons. The molecule has 0 bridgehead atoms. The summed E-state index contributed by atoms with van der Waals surface area (Å²) in [6.45, 7) is 2.12. The van der Waals surface area contributed by atoms with Gasteiger partial charge in [-0.05, 0) is 51.0 Å². The topological polar surface area (TPSA) is 60.2 Å². The van der Waals surface area contributed by atoms with Gasteiger partial charge in [-0.3, -0.25) is 14.9 Å². The quantitative estimate of drug-likeness (QED) is 0.139. The molecule has 0 unspecified atom stereocenters. The Kier molecular flexibility index (Phi) is 17.5. The number of allylic oxidation sites excluding steroid dienone is 9. The Morgan fingerprint density at radius 1 is 0.885 bits per heavy atom. The number of rotatable bonds is 16. The lowest BCUT2D eigenvalue weighted by Crippen LogP contribution is -1.97. The van der Waals surface area contributed by atoms with Crippen LogP contribution in [-0.2, 0) is 4.79 Å². The minimum absolute atomic E-state index is 0.246. The number of carbonyl (C=O) groups excluding carboxylic acids is 1. The molecule has 0 saturated carbocycles. The van der Waals surface area contributed by atoms with E-state index in [4.69, 9.17) is 0 Å². The third-order valence-corrected chi connectivity index (χ3v) is 3.64. The fraction of sp³-hybridized carbons (Fsp3) is 0.500. The molecule has 0 N–H and O–H groups in total. The van der Waals surface area contributed by atoms with E-state index in [1.54, 1.807) is 6.08 Å². The van der Waals surface area contributed by atoms with Crippen LogP contribution in [0.2, 0.25) is 0 Å². The zero-order valence-electron chi connectivity index (χ0n) is 15.9. The molecule has 0 rings (SSSR count). The molecule has 0 aromatic heterocycles. The van der Waals surface area contributed by atoms with Gasteiger partial charge in [0.25, 0.3) is 0 Å². The molecule has 4 nitrogen and oxygen atoms in total. The lowest BCUT2D eigenvalue weighted by Gasteiger charge is -1.96. The molecule has 0 amide bonds. The number of nitro groups is 1. The van der Waals surface area contributed by atoms with Crippen LogP contribution < -0.4 is 0 Å². The molecule has 0 saturated heterocycles. The second kappa shape index (κ2) is 19.1. The van der Waals surface area contributed by atoms with Crippen LogP contribution in [0.15, 0.2) is 60.4 Å². The van der Waals surface area contributed by atoms with Crippen LogP contribution in [0.4, 0.5) is 0 Å². The van der Waals surface area contributed by atoms with Crippen molar-refractivity contribution >= 4 is 6.29 Å². The highest BCUT2D eigenvalue weighted by molar-refractivity contribution is 5.50. The standard InChI is InChI=1S/C22H32NO3/c1-2-3-4-5-6-7-8-9-10-11-13-16-19-22(23(25)26)20-17-14-12-15-18-21-24/h3-4,6-7,9-10,13,16,20H,2,5,8,11-12,14-15,17-19H2,1H3/b4-3+,7-6+,10-9+,16-13+,22-20-. The number of unbranched alkanes of at least 4 members (excludes halogenated alkanes) is 4. The van der Waals surface area contributed by atoms with Gasteiger partial charge < -0.3 is 0 Å². The van der Waals surface area contributed by atoms with Crippen LogP contribution in [0.5, 0.6) is 0 Å². The van der Waals surface area contributed by atoms with Crippen LogP contribution in [0.25, 0.3) is 0 Å². The summed E-state index contributed by atoms with van der Waals surface area (Å²) >= 11 is 0. The highest BCUT2D eigenvalue weighted by Gasteiger charge is 2.06. The van der Waals surface area contributed by atoms with E-state index in [9.17, 15) is 14.9 Å². The summed E-state index contributed by atoms with van der Waals surface area (Å²) in [5.41, 5.74) is 0.246. The van der Waals surface area contributed by atoms with E-state index in [0.717, 1.165) is 44.9 Å². The first kappa shape index (κ1) is 23.8. The molecular weight excluding hydrogens is 326 g/mol. The van der Waals surface area contributed by atoms with Crippen molar-refractivity contribution in [1.29, 1.82) is 0 Å². The van der Waals surface area contributed by atoms with Gasteiger partial charge in [-0.2, -0.15) is 0 Å². The number of hydrogen-bond donors (Lipinski definition) is 0. The van der Waals surface area contributed by atoms with Crippen molar-refractivity contribution in [2.45, 2.75) is 71.1 Å². The van der Waals surface area contributed by atoms with Gasteiger partial charge in [-0.25, -0.2) is 0 Å². The van der Waals surface area contributed by atoms with Crippen molar-refractivity contribution in [3.05, 3.63) is 70.5 Å². The smallest absolute Gasteiger partial charge is 0.246 e. The zero-order chi connectivity index (χ0) is 19.3. The largest absolute Gasteiger partial charge is 0.291 e. The average molecular weight is 359 g/mol. The van der Waals surface area contributed by atoms with Crippen LogP contribution in [0, 0.1) is 10.1 Å². The molecule has 0 atom stereocenters. The minimum atomic E-state index is -0.308. The van der Waals surface area contributed by atoms with Gasteiger partial charge in [0.1, 0.15) is 0 Å². The fourth-order valence-corrected chi connectivity index (χ4v) is 2.20. The molecule has 1 radical (unpaired) electrons. The van der Waals surface area contributed by atoms with Crippen LogP contribution in [0.1, 0.15) is 71.1 Å². The molecular formula is C22H32NO3. The Hall–Kier alpha value is -2.23. The van der Waals surface area contributed by atoms with Crippen LogP contribution in [0.3, 0.4) is 0 Å². The molecule has 0 aliphatic carbocycles. The minimum Gasteiger partial charge on any atom is -0.291 e. The Morgan fingerprint density at radius 2 is 1.46 bits per heavy atom. The van der Waals surface area contributed by atoms with E-state index in [1.165, 1.54) is 0 Å². The Balaban J connectivity index is 3.95. The highest BCUT2D eigenvalue weighted by Crippen LogP contribution is 2.09. The van der Waals surface area contributed by atoms with Crippen molar-refractivity contribution in [2.24, 2.45) is 0 Å². The second-order valence-corrected chi connectivity index (χ2v) is 5.90. The Labute approximate surface area is 158 Å². The van der Waals surface area contributed by atoms with Gasteiger partial charge >= 0.3 is 0 Å². The third-order valence-electron chi connectivity index (χ3n) is 3.64. The predicted octanol–water partition coefficient (Wildman–Crippen LogP) is 6.40. The molecule has 0 aliphatic heterocycles. The summed E-state index contributed by atoms with van der Waals surface area (Å²) in [5.74, 6) is 0. The van der Waals surface area contributed by atoms with Crippen molar-refractivity contribution < 1.29 is 9.72 Å². The van der Waals surface area contributed by atoms with E-state index in [0.29, 0.717) is 19.3 Å². The van der Waals surface area contributed by atoms with Crippen molar-refractivity contribution in [1.82, 2.24) is 0 Å². The predicted molar refractivity (Wildman–Crippen MR) is 109 cm³/mol. The number of nitrogens with zero attached hydrogens (tertiary/aromatic N) is 1. The summed E-state index contributed by atoms with van der Waals surface area (Å²) in [6, 6.07) is 0. The summed E-state index contributed by atoms with van der Waals surface area (Å²) in [4.78, 5) is 20.8. The number of hydrogen-bond acceptors (Lipinski definition) is 3. The first-order valence-electron chi connectivity index (χ1n) is 9.50. The summed E-state index contributed by atoms with van der Waals surface area (Å²) in [7, 11) is 0. The molecule has 0 heterocycles. The second-order valence-electron chi connectivity index (χ2n) is 5.90. The van der Waals surface area contributed by atoms with E-state index in [1.807, 2.05) is 18.4 Å². The van der Waals surface area contributed by atoms with Gasteiger partial charge in [0.05, 0.1) is 11.3 Å². The Bertz CT molecular complexity index is 513. The highest BCUT2D eigenvalue weighted by atomic mass is 16.6. The summed E-state index contributed by atoms with van der Waals surface area (Å²) in [5, 5.41) is 11.0. The van der Waals surface area contributed by atoms with E-state index < -0.39 is 0 Å². The van der Waals surface area contributed by atoms with Gasteiger partial charge in [0.2, 0.25) is 5.70 Å². The van der Waals surface area contributed by atoms with Gasteiger partial charge in [-0.1, -0.05) is 62.0 Å². The SMILES string of the molecule is CC/C=C/C/C=C/C/C=C/C/C=C/C/C(=C/CCCCC[C]=O)[N+](=O)[O-]. The van der Waals surface area contributed by atoms with E-state index >= 15 is 0 Å². The zero-order valence-corrected chi connectivity index (χ0v) is 15.9. The fourth-order valence-electron chi connectivity index (χ4n) is 2.20. The van der Waals surface area contributed by atoms with Crippen LogP contribution in [-0.4, -0.2) is 11.2 Å². The molecule has 0 spiro atoms. The van der Waals surface area contributed by atoms with Crippen molar-refractivity contribution in [3.63, 3.8) is 0 Å². The Morgan fingerprint density at radius 3 is 2.00 bits per heavy atom. The molecule has 4 heteroatoms. The molecule has 0 fully saturated rings. The van der Waals surface area contributed by atoms with Crippen LogP contribution >= 0.6 is 0 Å². The van der Waals surface area contributed by atoms with Crippen molar-refractivity contribution in [3.8, 4) is 0 Å². The van der Waals surface area contributed by atoms with E-state index in [2.05, 4.69) is 43.4 Å². The maximum absolute atomic E-state index is 11.0. The lowest BCUT2D eigenvalue weighted by atomic mass is 10.1. The molecule has 0 aromatic rings. The third kappa shape index (κ3) is 16.6. The van der Waals surface area contributed by atoms with Gasteiger partial charge in [-0.15, -0.1) is 0 Å². The van der Waals surface area contributed by atoms with Crippen molar-refractivity contribution in [2.75, 3.05) is 0 Å². The van der Waals surface area contributed by atoms with Gasteiger partial charge in [0.15, 0.2) is 6.29 Å². The lowest BCUT2D eigenvalue weighted by molar-refractivity contribution is -0.427. The monoisotopic (exact) mass is 358 g/mol. The molecule has 0 aromatic carbocycles. The average Bonchev–Trinajstić information content (AvgIpc) is 2.63. The maximum atomic E-state index is 11.0. The molecule has 26 heavy (non-hydrogen) atoms. The summed E-state index contributed by atoms with van der Waals surface area (Å²) < 4.78 is 0. The first-order chi connectivity index (χ1) is 12.7. The summed E-state index contributed by atoms with van der Waals surface area (Å²) in [6.07, 6.45) is 28.0. The van der Waals surface area contributed by atoms with E-state index in [-0.39, 0.29) is 10.6 Å². The maximum Gasteiger partial charge on any atom is 0.246 e. The van der Waals surface area contributed by atoms with Gasteiger partial charge in [0, 0.05) is 6.42 Å².